The number of anilines is 1. The Morgan fingerprint density at radius 1 is 1.28 bits per heavy atom. The number of rotatable bonds is 1. The molecule has 0 saturated heterocycles. The average molecular weight is 355 g/mol. The molecule has 3 rings (SSSR count). The van der Waals surface area contributed by atoms with Crippen LogP contribution in [-0.4, -0.2) is 24.6 Å². The van der Waals surface area contributed by atoms with Crippen LogP contribution in [0.15, 0.2) is 30.3 Å². The second-order valence-electron chi connectivity index (χ2n) is 5.88. The maximum absolute atomic E-state index is 14.0. The van der Waals surface area contributed by atoms with E-state index in [2.05, 4.69) is 0 Å². The van der Waals surface area contributed by atoms with Crippen LogP contribution in [0.2, 0.25) is 0 Å². The number of fused-ring (bicyclic) bond motifs is 3. The van der Waals surface area contributed by atoms with E-state index in [1.165, 1.54) is 42.2 Å². The standard InChI is InChI=1S/C16H13F4N3O2/c1-15(25-13(24)16(18,19)20)7-23(14(21)22)11-6-5-8-9(12(11)15)3-2-4-10(8)17/h2-6H,7H2,1H3,(H3,21,22). The van der Waals surface area contributed by atoms with Crippen molar-refractivity contribution in [1.29, 1.82) is 5.41 Å². The van der Waals surface area contributed by atoms with E-state index in [1.807, 2.05) is 0 Å². The summed E-state index contributed by atoms with van der Waals surface area (Å²) in [4.78, 5) is 12.6. The van der Waals surface area contributed by atoms with Crippen molar-refractivity contribution in [2.45, 2.75) is 18.7 Å². The zero-order chi connectivity index (χ0) is 18.6. The highest BCUT2D eigenvalue weighted by molar-refractivity contribution is 6.01. The van der Waals surface area contributed by atoms with E-state index < -0.39 is 29.5 Å². The average Bonchev–Trinajstić information content (AvgIpc) is 2.80. The molecule has 25 heavy (non-hydrogen) atoms. The van der Waals surface area contributed by atoms with Crippen LogP contribution < -0.4 is 10.6 Å². The first kappa shape index (κ1) is 17.0. The van der Waals surface area contributed by atoms with Crippen molar-refractivity contribution in [1.82, 2.24) is 0 Å². The Morgan fingerprint density at radius 3 is 2.56 bits per heavy atom. The van der Waals surface area contributed by atoms with Gasteiger partial charge in [-0.05, 0) is 30.5 Å². The molecular weight excluding hydrogens is 342 g/mol. The van der Waals surface area contributed by atoms with Gasteiger partial charge in [-0.3, -0.25) is 5.41 Å². The van der Waals surface area contributed by atoms with Gasteiger partial charge in [-0.2, -0.15) is 13.2 Å². The maximum Gasteiger partial charge on any atom is 0.490 e. The number of nitrogens with two attached hydrogens (primary N) is 1. The third-order valence-electron chi connectivity index (χ3n) is 4.11. The van der Waals surface area contributed by atoms with Gasteiger partial charge in [0.05, 0.1) is 12.2 Å². The molecule has 1 aliphatic heterocycles. The number of guanidine groups is 1. The van der Waals surface area contributed by atoms with E-state index >= 15 is 0 Å². The number of ether oxygens (including phenoxy) is 1. The molecule has 1 heterocycles. The molecule has 2 aromatic carbocycles. The van der Waals surface area contributed by atoms with E-state index in [0.29, 0.717) is 11.1 Å². The Hall–Kier alpha value is -2.84. The zero-order valence-electron chi connectivity index (χ0n) is 12.9. The second-order valence-corrected chi connectivity index (χ2v) is 5.88. The van der Waals surface area contributed by atoms with Crippen LogP contribution in [0.3, 0.4) is 0 Å². The predicted molar refractivity (Wildman–Crippen MR) is 82.7 cm³/mol. The molecule has 1 atom stereocenters. The van der Waals surface area contributed by atoms with Crippen LogP contribution in [0.5, 0.6) is 0 Å². The molecule has 0 bridgehead atoms. The monoisotopic (exact) mass is 355 g/mol. The van der Waals surface area contributed by atoms with Gasteiger partial charge < -0.3 is 15.4 Å². The van der Waals surface area contributed by atoms with Gasteiger partial charge in [0.1, 0.15) is 5.82 Å². The van der Waals surface area contributed by atoms with Crippen LogP contribution in [0.4, 0.5) is 23.2 Å². The van der Waals surface area contributed by atoms with Crippen molar-refractivity contribution < 1.29 is 27.1 Å². The fourth-order valence-electron chi connectivity index (χ4n) is 3.12. The molecule has 0 spiro atoms. The molecule has 0 amide bonds. The molecule has 1 aliphatic rings. The van der Waals surface area contributed by atoms with Gasteiger partial charge in [0, 0.05) is 10.9 Å². The summed E-state index contributed by atoms with van der Waals surface area (Å²) in [6.45, 7) is 0.998. The van der Waals surface area contributed by atoms with E-state index in [9.17, 15) is 22.4 Å². The molecule has 0 aliphatic carbocycles. The van der Waals surface area contributed by atoms with Gasteiger partial charge in [-0.1, -0.05) is 12.1 Å². The summed E-state index contributed by atoms with van der Waals surface area (Å²) < 4.78 is 56.8. The summed E-state index contributed by atoms with van der Waals surface area (Å²) in [6, 6.07) is 7.01. The Kier molecular flexibility index (Phi) is 3.63. The number of halogens is 4. The molecule has 0 aromatic heterocycles. The van der Waals surface area contributed by atoms with Gasteiger partial charge in [0.2, 0.25) is 0 Å². The lowest BCUT2D eigenvalue weighted by Crippen LogP contribution is -2.43. The molecule has 9 heteroatoms. The number of benzene rings is 2. The Bertz CT molecular complexity index is 897. The van der Waals surface area contributed by atoms with Crippen molar-refractivity contribution in [3.63, 3.8) is 0 Å². The van der Waals surface area contributed by atoms with Crippen molar-refractivity contribution >= 4 is 28.4 Å². The fourth-order valence-corrected chi connectivity index (χ4v) is 3.12. The van der Waals surface area contributed by atoms with Crippen LogP contribution >= 0.6 is 0 Å². The highest BCUT2D eigenvalue weighted by Gasteiger charge is 2.50. The number of esters is 1. The molecule has 1 unspecified atom stereocenters. The number of carbonyl (C=O) groups excluding carboxylic acids is 1. The first-order chi connectivity index (χ1) is 11.5. The Morgan fingerprint density at radius 2 is 1.96 bits per heavy atom. The number of nitrogens with zero attached hydrogens (tertiary/aromatic N) is 1. The molecule has 2 aromatic rings. The van der Waals surface area contributed by atoms with E-state index in [-0.39, 0.29) is 17.5 Å². The number of alkyl halides is 3. The number of hydrogen-bond donors (Lipinski definition) is 2. The quantitative estimate of drug-likeness (QED) is 0.357. The number of carbonyl (C=O) groups is 1. The third kappa shape index (κ3) is 2.65. The third-order valence-corrected chi connectivity index (χ3v) is 4.11. The molecular formula is C16H13F4N3O2. The molecule has 0 radical (unpaired) electrons. The largest absolute Gasteiger partial charge is 0.490 e. The fraction of sp³-hybridized carbons (Fsp3) is 0.250. The van der Waals surface area contributed by atoms with Crippen LogP contribution in [0, 0.1) is 11.2 Å². The van der Waals surface area contributed by atoms with E-state index in [4.69, 9.17) is 15.9 Å². The van der Waals surface area contributed by atoms with Gasteiger partial charge in [-0.25, -0.2) is 9.18 Å². The van der Waals surface area contributed by atoms with E-state index in [1.54, 1.807) is 0 Å². The topological polar surface area (TPSA) is 79.4 Å². The van der Waals surface area contributed by atoms with Gasteiger partial charge in [0.25, 0.3) is 0 Å². The van der Waals surface area contributed by atoms with Gasteiger partial charge >= 0.3 is 12.1 Å². The van der Waals surface area contributed by atoms with Crippen molar-refractivity contribution in [3.05, 3.63) is 41.7 Å². The second kappa shape index (κ2) is 5.33. The van der Waals surface area contributed by atoms with Gasteiger partial charge in [-0.15, -0.1) is 0 Å². The summed E-state index contributed by atoms with van der Waals surface area (Å²) >= 11 is 0. The van der Waals surface area contributed by atoms with Gasteiger partial charge in [0.15, 0.2) is 11.6 Å². The number of nitrogens with one attached hydrogen (secondary N) is 1. The lowest BCUT2D eigenvalue weighted by molar-refractivity contribution is -0.212. The lowest BCUT2D eigenvalue weighted by Gasteiger charge is -2.27. The van der Waals surface area contributed by atoms with Crippen LogP contribution in [0.1, 0.15) is 12.5 Å². The van der Waals surface area contributed by atoms with Crippen molar-refractivity contribution in [3.8, 4) is 0 Å². The minimum absolute atomic E-state index is 0.168. The highest BCUT2D eigenvalue weighted by atomic mass is 19.4. The van der Waals surface area contributed by atoms with E-state index in [0.717, 1.165) is 0 Å². The number of hydrogen-bond acceptors (Lipinski definition) is 3. The Balaban J connectivity index is 2.24. The summed E-state index contributed by atoms with van der Waals surface area (Å²) in [5.41, 5.74) is 4.22. The first-order valence-electron chi connectivity index (χ1n) is 7.18. The van der Waals surface area contributed by atoms with Crippen LogP contribution in [0.25, 0.3) is 10.8 Å². The Labute approximate surface area is 139 Å². The molecule has 5 nitrogen and oxygen atoms in total. The summed E-state index contributed by atoms with van der Waals surface area (Å²) in [5.74, 6) is -3.35. The summed E-state index contributed by atoms with van der Waals surface area (Å²) in [6.07, 6.45) is -5.18. The van der Waals surface area contributed by atoms with Crippen LogP contribution in [-0.2, 0) is 15.1 Å². The summed E-state index contributed by atoms with van der Waals surface area (Å²) in [7, 11) is 0. The zero-order valence-corrected chi connectivity index (χ0v) is 12.9. The first-order valence-corrected chi connectivity index (χ1v) is 7.18. The van der Waals surface area contributed by atoms with Crippen molar-refractivity contribution in [2.24, 2.45) is 5.73 Å². The normalized spacial score (nSPS) is 19.8. The highest BCUT2D eigenvalue weighted by Crippen LogP contribution is 2.46. The molecule has 3 N–H and O–H groups in total. The lowest BCUT2D eigenvalue weighted by atomic mass is 9.92. The molecule has 0 fully saturated rings. The smallest absolute Gasteiger partial charge is 0.446 e. The summed E-state index contributed by atoms with van der Waals surface area (Å²) in [5, 5.41) is 8.08. The molecule has 132 valence electrons. The minimum atomic E-state index is -5.18. The minimum Gasteiger partial charge on any atom is -0.446 e. The van der Waals surface area contributed by atoms with Crippen molar-refractivity contribution in [2.75, 3.05) is 11.4 Å². The predicted octanol–water partition coefficient (Wildman–Crippen LogP) is 3.01. The maximum atomic E-state index is 14.0. The molecule has 0 saturated carbocycles. The SMILES string of the molecule is CC1(OC(=O)C(F)(F)F)CN(C(=N)N)c2ccc3c(F)cccc3c21.